The number of methoxy groups -OCH3 is 1. The van der Waals surface area contributed by atoms with Crippen molar-refractivity contribution < 1.29 is 24.1 Å². The molecule has 0 radical (unpaired) electrons. The summed E-state index contributed by atoms with van der Waals surface area (Å²) in [5, 5.41) is 8.85. The third-order valence-corrected chi connectivity index (χ3v) is 7.24. The van der Waals surface area contributed by atoms with Crippen LogP contribution in [0.3, 0.4) is 0 Å². The number of ether oxygens (including phenoxy) is 1. The van der Waals surface area contributed by atoms with Crippen molar-refractivity contribution in [2.45, 2.75) is 139 Å². The predicted molar refractivity (Wildman–Crippen MR) is 234 cm³/mol. The molecule has 2 rings (SSSR count). The summed E-state index contributed by atoms with van der Waals surface area (Å²) < 4.78 is 5.15. The Morgan fingerprint density at radius 1 is 0.811 bits per heavy atom. The van der Waals surface area contributed by atoms with Gasteiger partial charge in [0.2, 0.25) is 0 Å². The molecule has 0 unspecified atom stereocenters. The Kier molecular flexibility index (Phi) is 48.6. The number of nitrogens with zero attached hydrogens (tertiary/aromatic N) is 4. The molecule has 1 aliphatic rings. The van der Waals surface area contributed by atoms with Crippen molar-refractivity contribution in [3.8, 4) is 5.75 Å². The SMILES string of the molecule is CCC(C)C.CCC1=C[N+](C)(C)C=N1.CCCC(=O)OC.CCCCCN(C)C.CCCCN(C)C.CCCC[NH+]=C(N)N.CCc1ccc(O)cc1. The Morgan fingerprint density at radius 3 is 1.57 bits per heavy atom. The molecule has 10 nitrogen and oxygen atoms in total. The molecule has 10 heteroatoms. The molecule has 0 spiro atoms. The number of allylic oxidation sites excluding steroid dienone is 1. The van der Waals surface area contributed by atoms with Gasteiger partial charge in [0.05, 0.1) is 33.4 Å². The number of hydrogen-bond acceptors (Lipinski definition) is 6. The smallest absolute Gasteiger partial charge is 0.338 e. The average molecular weight is 754 g/mol. The van der Waals surface area contributed by atoms with Crippen molar-refractivity contribution in [3.63, 3.8) is 0 Å². The first kappa shape index (κ1) is 59.3. The van der Waals surface area contributed by atoms with E-state index in [1.54, 1.807) is 12.1 Å². The summed E-state index contributed by atoms with van der Waals surface area (Å²) in [4.78, 5) is 21.7. The lowest BCUT2D eigenvalue weighted by Gasteiger charge is -2.12. The number of rotatable bonds is 15. The topological polar surface area (TPSA) is 131 Å². The molecule has 53 heavy (non-hydrogen) atoms. The zero-order chi connectivity index (χ0) is 42.1. The molecule has 0 atom stereocenters. The van der Waals surface area contributed by atoms with Crippen molar-refractivity contribution in [1.29, 1.82) is 0 Å². The Hall–Kier alpha value is -2.95. The van der Waals surface area contributed by atoms with E-state index in [0.717, 1.165) is 42.6 Å². The second-order valence-electron chi connectivity index (χ2n) is 14.4. The molecule has 1 aromatic carbocycles. The Bertz CT molecular complexity index is 986. The van der Waals surface area contributed by atoms with Crippen LogP contribution in [0, 0.1) is 5.92 Å². The van der Waals surface area contributed by atoms with E-state index < -0.39 is 0 Å². The molecular formula is C43H91N7O3+2. The first-order valence-corrected chi connectivity index (χ1v) is 20.2. The van der Waals surface area contributed by atoms with E-state index in [4.69, 9.17) is 16.6 Å². The molecule has 0 fully saturated rings. The number of carbonyl (C=O) groups is 1. The fourth-order valence-corrected chi connectivity index (χ4v) is 3.46. The minimum Gasteiger partial charge on any atom is -0.508 e. The molecule has 0 amide bonds. The van der Waals surface area contributed by atoms with Crippen LogP contribution in [-0.4, -0.2) is 107 Å². The first-order valence-electron chi connectivity index (χ1n) is 20.2. The maximum Gasteiger partial charge on any atom is 0.338 e. The highest BCUT2D eigenvalue weighted by atomic mass is 16.5. The predicted octanol–water partition coefficient (Wildman–Crippen LogP) is 7.55. The van der Waals surface area contributed by atoms with Gasteiger partial charge in [-0.3, -0.25) is 25.7 Å². The molecular weight excluding hydrogens is 663 g/mol. The molecule has 0 aliphatic carbocycles. The monoisotopic (exact) mass is 754 g/mol. The highest BCUT2D eigenvalue weighted by Gasteiger charge is 2.15. The number of unbranched alkanes of at least 4 members (excludes halogenated alkanes) is 4. The molecule has 6 N–H and O–H groups in total. The van der Waals surface area contributed by atoms with Crippen molar-refractivity contribution in [2.75, 3.05) is 69.0 Å². The van der Waals surface area contributed by atoms with E-state index >= 15 is 0 Å². The third kappa shape index (κ3) is 58.6. The molecule has 0 saturated carbocycles. The fourth-order valence-electron chi connectivity index (χ4n) is 3.46. The van der Waals surface area contributed by atoms with E-state index in [1.165, 1.54) is 76.4 Å². The van der Waals surface area contributed by atoms with Crippen LogP contribution < -0.4 is 16.5 Å². The number of guanidine groups is 1. The van der Waals surface area contributed by atoms with E-state index in [0.29, 0.717) is 18.1 Å². The molecule has 1 heterocycles. The maximum atomic E-state index is 10.2. The number of benzene rings is 1. The number of quaternary nitrogens is 1. The number of aryl methyl sites for hydroxylation is 1. The second kappa shape index (κ2) is 43.5. The van der Waals surface area contributed by atoms with Crippen LogP contribution in [0.25, 0.3) is 0 Å². The Morgan fingerprint density at radius 2 is 1.30 bits per heavy atom. The largest absolute Gasteiger partial charge is 0.508 e. The lowest BCUT2D eigenvalue weighted by atomic mass is 10.2. The summed E-state index contributed by atoms with van der Waals surface area (Å²) in [6, 6.07) is 7.27. The van der Waals surface area contributed by atoms with Gasteiger partial charge in [-0.2, -0.15) is 0 Å². The molecule has 314 valence electrons. The normalized spacial score (nSPS) is 11.6. The minimum absolute atomic E-state index is 0.123. The number of aliphatic imine (C=N–C) groups is 1. The van der Waals surface area contributed by atoms with Gasteiger partial charge in [0.15, 0.2) is 6.34 Å². The summed E-state index contributed by atoms with van der Waals surface area (Å²) in [5.41, 5.74) is 12.7. The molecule has 1 aromatic rings. The Balaban J connectivity index is -0.000000170. The van der Waals surface area contributed by atoms with Gasteiger partial charge in [0.25, 0.3) is 0 Å². The lowest BCUT2D eigenvalue weighted by Crippen LogP contribution is -2.78. The molecule has 0 saturated heterocycles. The van der Waals surface area contributed by atoms with Crippen molar-refractivity contribution >= 4 is 18.3 Å². The maximum absolute atomic E-state index is 10.2. The lowest BCUT2D eigenvalue weighted by molar-refractivity contribution is -0.732. The molecule has 0 bridgehead atoms. The highest BCUT2D eigenvalue weighted by molar-refractivity contribution is 5.69. The number of nitrogens with one attached hydrogen (secondary N) is 1. The number of carbonyl (C=O) groups excluding carboxylic acids is 1. The van der Waals surface area contributed by atoms with Crippen LogP contribution in [-0.2, 0) is 16.0 Å². The van der Waals surface area contributed by atoms with E-state index in [9.17, 15) is 4.79 Å². The quantitative estimate of drug-likeness (QED) is 0.0479. The van der Waals surface area contributed by atoms with Crippen LogP contribution in [0.15, 0.2) is 41.2 Å². The number of esters is 1. The first-order chi connectivity index (χ1) is 24.9. The van der Waals surface area contributed by atoms with Crippen LogP contribution in [0.2, 0.25) is 0 Å². The standard InChI is InChI=1S/C8H10O.C7H13N2.C7H17N.C6H15N.C5H13N3.C5H10O2.C5H12/c1-2-7-3-5-8(9)6-4-7;1-4-7-5-9(2,3)6-8-7;1-4-5-6-7-8(2)3;1-4-5-6-7(2)3;1-2-3-4-8-5(6)7;1-3-4-5(6)7-2;1-4-5(2)3/h3-6,9H,2H2,1H3;5-6H,4H2,1-3H3;4-7H2,1-3H3;4-6H2,1-3H3;2-4H2,1H3,(H4,6,7,8);3-4H2,1-2H3;5H,4H2,1-3H3/q;+1;;;;;/p+1. The van der Waals surface area contributed by atoms with Gasteiger partial charge < -0.3 is 19.6 Å². The highest BCUT2D eigenvalue weighted by Crippen LogP contribution is 2.13. The van der Waals surface area contributed by atoms with Crippen LogP contribution in [0.1, 0.15) is 139 Å². The van der Waals surface area contributed by atoms with Gasteiger partial charge >= 0.3 is 11.9 Å². The van der Waals surface area contributed by atoms with E-state index in [2.05, 4.69) is 128 Å². The van der Waals surface area contributed by atoms with Gasteiger partial charge in [-0.05, 0) is 103 Å². The van der Waals surface area contributed by atoms with Crippen LogP contribution >= 0.6 is 0 Å². The summed E-state index contributed by atoms with van der Waals surface area (Å²) in [5.74, 6) is 1.42. The summed E-state index contributed by atoms with van der Waals surface area (Å²) in [7, 11) is 14.1. The van der Waals surface area contributed by atoms with E-state index in [1.807, 2.05) is 25.4 Å². The van der Waals surface area contributed by atoms with Gasteiger partial charge in [-0.25, -0.2) is 4.99 Å². The van der Waals surface area contributed by atoms with Gasteiger partial charge in [-0.1, -0.05) is 107 Å². The average Bonchev–Trinajstić information content (AvgIpc) is 3.48. The summed E-state index contributed by atoms with van der Waals surface area (Å²) in [6.07, 6.45) is 17.8. The van der Waals surface area contributed by atoms with Gasteiger partial charge in [0, 0.05) is 6.42 Å². The van der Waals surface area contributed by atoms with Crippen molar-refractivity contribution in [2.24, 2.45) is 22.4 Å². The summed E-state index contributed by atoms with van der Waals surface area (Å²) in [6.45, 7) is 22.7. The van der Waals surface area contributed by atoms with Crippen molar-refractivity contribution in [3.05, 3.63) is 41.7 Å². The number of nitrogens with two attached hydrogens (primary N) is 2. The van der Waals surface area contributed by atoms with Crippen LogP contribution in [0.5, 0.6) is 5.75 Å². The number of phenols is 1. The number of aromatic hydroxyl groups is 1. The zero-order valence-electron chi connectivity index (χ0n) is 37.9. The van der Waals surface area contributed by atoms with Crippen molar-refractivity contribution in [1.82, 2.24) is 9.80 Å². The third-order valence-electron chi connectivity index (χ3n) is 7.24. The number of hydrogen-bond donors (Lipinski definition) is 4. The van der Waals surface area contributed by atoms with E-state index in [-0.39, 0.29) is 5.97 Å². The van der Waals surface area contributed by atoms with Gasteiger partial charge in [-0.15, -0.1) is 0 Å². The summed E-state index contributed by atoms with van der Waals surface area (Å²) >= 11 is 0. The second-order valence-corrected chi connectivity index (χ2v) is 14.4. The van der Waals surface area contributed by atoms with Gasteiger partial charge in [0.1, 0.15) is 11.9 Å². The molecule has 0 aromatic heterocycles. The zero-order valence-corrected chi connectivity index (χ0v) is 37.9. The minimum atomic E-state index is -0.123. The Labute approximate surface area is 329 Å². The number of phenolic OH excluding ortho intramolecular Hbond substituents is 1. The van der Waals surface area contributed by atoms with Crippen LogP contribution in [0.4, 0.5) is 0 Å². The molecule has 1 aliphatic heterocycles. The fraction of sp³-hybridized carbons (Fsp3) is 0.744.